The molecular weight excluding hydrogens is 298 g/mol. The van der Waals surface area contributed by atoms with Gasteiger partial charge in [0.1, 0.15) is 6.10 Å². The van der Waals surface area contributed by atoms with E-state index >= 15 is 0 Å². The molecule has 0 radical (unpaired) electrons. The van der Waals surface area contributed by atoms with Crippen LogP contribution in [0.25, 0.3) is 0 Å². The van der Waals surface area contributed by atoms with Gasteiger partial charge in [0.15, 0.2) is 14.0 Å². The minimum absolute atomic E-state index is 0.0649. The Kier molecular flexibility index (Phi) is 6.24. The second kappa shape index (κ2) is 7.15. The summed E-state index contributed by atoms with van der Waals surface area (Å²) in [5.41, 5.74) is -0.886. The van der Waals surface area contributed by atoms with Crippen LogP contribution in [0.3, 0.4) is 0 Å². The molecule has 128 valence electrons. The first kappa shape index (κ1) is 19.2. The fourth-order valence-electron chi connectivity index (χ4n) is 2.26. The Balaban J connectivity index is 3.04. The van der Waals surface area contributed by atoms with Gasteiger partial charge in [-0.15, -0.1) is 6.58 Å². The van der Waals surface area contributed by atoms with E-state index in [9.17, 15) is 4.79 Å². The van der Waals surface area contributed by atoms with Gasteiger partial charge in [-0.25, -0.2) is 4.79 Å². The monoisotopic (exact) mass is 329 g/mol. The lowest BCUT2D eigenvalue weighted by Crippen LogP contribution is -2.62. The molecule has 1 aliphatic heterocycles. The molecule has 0 bridgehead atoms. The van der Waals surface area contributed by atoms with Crippen molar-refractivity contribution in [2.75, 3.05) is 13.7 Å². The molecular formula is C16H31NO4Si. The molecule has 1 N–H and O–H groups in total. The zero-order chi connectivity index (χ0) is 17.0. The minimum atomic E-state index is -2.02. The van der Waals surface area contributed by atoms with Crippen molar-refractivity contribution in [2.24, 2.45) is 0 Å². The SMILES string of the molecule is C=C[C@@H](O[Si](C)(C)C(C)(C)C)[C@]1(NC(=O)OC)CCCCO1. The molecule has 22 heavy (non-hydrogen) atoms. The average Bonchev–Trinajstić information content (AvgIpc) is 2.44. The molecule has 1 amide bonds. The normalized spacial score (nSPS) is 24.5. The third kappa shape index (κ3) is 4.33. The fourth-order valence-corrected chi connectivity index (χ4v) is 3.54. The van der Waals surface area contributed by atoms with Crippen LogP contribution < -0.4 is 5.32 Å². The van der Waals surface area contributed by atoms with E-state index in [0.29, 0.717) is 13.0 Å². The van der Waals surface area contributed by atoms with Gasteiger partial charge in [-0.1, -0.05) is 26.8 Å². The van der Waals surface area contributed by atoms with Gasteiger partial charge < -0.3 is 13.9 Å². The molecule has 1 fully saturated rings. The third-order valence-electron chi connectivity index (χ3n) is 4.70. The average molecular weight is 330 g/mol. The first-order valence-corrected chi connectivity index (χ1v) is 10.8. The maximum atomic E-state index is 11.8. The van der Waals surface area contributed by atoms with E-state index in [1.807, 2.05) is 0 Å². The number of amides is 1. The van der Waals surface area contributed by atoms with E-state index < -0.39 is 26.2 Å². The molecule has 5 nitrogen and oxygen atoms in total. The van der Waals surface area contributed by atoms with Crippen molar-refractivity contribution in [1.82, 2.24) is 5.32 Å². The molecule has 2 atom stereocenters. The Hall–Kier alpha value is -0.853. The first-order chi connectivity index (χ1) is 10.1. The smallest absolute Gasteiger partial charge is 0.409 e. The van der Waals surface area contributed by atoms with Crippen LogP contribution in [0.15, 0.2) is 12.7 Å². The standard InChI is InChI=1S/C16H31NO4Si/c1-8-13(21-22(6,7)15(2,3)4)16(17-14(18)19-5)11-9-10-12-20-16/h8,13H,1,9-12H2,2-7H3,(H,17,18)/t13-,16+/m1/s1. The third-order valence-corrected chi connectivity index (χ3v) is 9.16. The number of methoxy groups -OCH3 is 1. The summed E-state index contributed by atoms with van der Waals surface area (Å²) in [5, 5.41) is 2.91. The zero-order valence-corrected chi connectivity index (χ0v) is 15.8. The van der Waals surface area contributed by atoms with Gasteiger partial charge in [0, 0.05) is 6.61 Å². The number of alkyl carbamates (subject to hydrolysis) is 1. The summed E-state index contributed by atoms with van der Waals surface area (Å²) in [5.74, 6) is 0. The van der Waals surface area contributed by atoms with Gasteiger partial charge in [0.2, 0.25) is 0 Å². The van der Waals surface area contributed by atoms with Gasteiger partial charge in [-0.2, -0.15) is 0 Å². The molecule has 0 aromatic carbocycles. The molecule has 0 saturated carbocycles. The molecule has 1 rings (SSSR count). The van der Waals surface area contributed by atoms with Crippen LogP contribution >= 0.6 is 0 Å². The van der Waals surface area contributed by atoms with Gasteiger partial charge in [-0.3, -0.25) is 5.32 Å². The predicted octanol–water partition coefficient (Wildman–Crippen LogP) is 3.82. The number of carbonyl (C=O) groups is 1. The number of nitrogens with one attached hydrogen (secondary N) is 1. The Bertz CT molecular complexity index is 397. The summed E-state index contributed by atoms with van der Waals surface area (Å²) >= 11 is 0. The number of hydrogen-bond donors (Lipinski definition) is 1. The number of rotatable bonds is 5. The highest BCUT2D eigenvalue weighted by Gasteiger charge is 2.47. The highest BCUT2D eigenvalue weighted by Crippen LogP contribution is 2.40. The topological polar surface area (TPSA) is 56.8 Å². The quantitative estimate of drug-likeness (QED) is 0.615. The summed E-state index contributed by atoms with van der Waals surface area (Å²) < 4.78 is 17.2. The second-order valence-electron chi connectivity index (χ2n) is 7.35. The summed E-state index contributed by atoms with van der Waals surface area (Å²) in [6.07, 6.45) is 3.47. The van der Waals surface area contributed by atoms with Crippen LogP contribution in [0.5, 0.6) is 0 Å². The van der Waals surface area contributed by atoms with Crippen LogP contribution in [0.4, 0.5) is 4.79 Å². The molecule has 6 heteroatoms. The Morgan fingerprint density at radius 2 is 2.05 bits per heavy atom. The highest BCUT2D eigenvalue weighted by molar-refractivity contribution is 6.74. The maximum absolute atomic E-state index is 11.8. The van der Waals surface area contributed by atoms with Crippen LogP contribution in [0, 0.1) is 0 Å². The van der Waals surface area contributed by atoms with Gasteiger partial charge >= 0.3 is 6.09 Å². The number of carbonyl (C=O) groups excluding carboxylic acids is 1. The van der Waals surface area contributed by atoms with Crippen molar-refractivity contribution in [3.63, 3.8) is 0 Å². The van der Waals surface area contributed by atoms with E-state index in [4.69, 9.17) is 13.9 Å². The van der Waals surface area contributed by atoms with E-state index in [1.54, 1.807) is 6.08 Å². The zero-order valence-electron chi connectivity index (χ0n) is 14.8. The molecule has 1 heterocycles. The Morgan fingerprint density at radius 1 is 1.41 bits per heavy atom. The van der Waals surface area contributed by atoms with Gasteiger partial charge in [0.05, 0.1) is 7.11 Å². The van der Waals surface area contributed by atoms with Crippen LogP contribution in [0.2, 0.25) is 18.1 Å². The molecule has 1 aliphatic rings. The van der Waals surface area contributed by atoms with E-state index in [2.05, 4.69) is 45.8 Å². The first-order valence-electron chi connectivity index (χ1n) is 7.88. The van der Waals surface area contributed by atoms with E-state index in [-0.39, 0.29) is 5.04 Å². The number of ether oxygens (including phenoxy) is 2. The van der Waals surface area contributed by atoms with Gasteiger partial charge in [0.25, 0.3) is 0 Å². The van der Waals surface area contributed by atoms with Gasteiger partial charge in [-0.05, 0) is 37.4 Å². The van der Waals surface area contributed by atoms with E-state index in [0.717, 1.165) is 12.8 Å². The Morgan fingerprint density at radius 3 is 2.45 bits per heavy atom. The second-order valence-corrected chi connectivity index (χ2v) is 12.1. The lowest BCUT2D eigenvalue weighted by atomic mass is 9.96. The maximum Gasteiger partial charge on any atom is 0.409 e. The largest absolute Gasteiger partial charge is 0.453 e. The van der Waals surface area contributed by atoms with Crippen LogP contribution in [-0.2, 0) is 13.9 Å². The highest BCUT2D eigenvalue weighted by atomic mass is 28.4. The summed E-state index contributed by atoms with van der Waals surface area (Å²) in [7, 11) is -0.674. The van der Waals surface area contributed by atoms with E-state index in [1.165, 1.54) is 7.11 Å². The van der Waals surface area contributed by atoms with Crippen molar-refractivity contribution in [3.8, 4) is 0 Å². The fraction of sp³-hybridized carbons (Fsp3) is 0.812. The van der Waals surface area contributed by atoms with Crippen molar-refractivity contribution >= 4 is 14.4 Å². The lowest BCUT2D eigenvalue weighted by molar-refractivity contribution is -0.143. The molecule has 1 saturated heterocycles. The van der Waals surface area contributed by atoms with Crippen molar-refractivity contribution < 1.29 is 18.7 Å². The summed E-state index contributed by atoms with van der Waals surface area (Å²) in [6.45, 7) is 15.4. The lowest BCUT2D eigenvalue weighted by Gasteiger charge is -2.47. The Labute approximate surface area is 135 Å². The molecule has 0 spiro atoms. The van der Waals surface area contributed by atoms with Crippen LogP contribution in [-0.4, -0.2) is 40.0 Å². The summed E-state index contributed by atoms with van der Waals surface area (Å²) in [4.78, 5) is 11.8. The molecule has 0 aliphatic carbocycles. The minimum Gasteiger partial charge on any atom is -0.453 e. The van der Waals surface area contributed by atoms with Crippen molar-refractivity contribution in [3.05, 3.63) is 12.7 Å². The van der Waals surface area contributed by atoms with Crippen molar-refractivity contribution in [2.45, 2.75) is 70.0 Å². The molecule has 0 unspecified atom stereocenters. The summed E-state index contributed by atoms with van der Waals surface area (Å²) in [6, 6.07) is 0. The van der Waals surface area contributed by atoms with Crippen LogP contribution in [0.1, 0.15) is 40.0 Å². The van der Waals surface area contributed by atoms with Crippen molar-refractivity contribution in [1.29, 1.82) is 0 Å². The molecule has 0 aromatic rings. The predicted molar refractivity (Wildman–Crippen MR) is 90.3 cm³/mol. The number of hydrogen-bond acceptors (Lipinski definition) is 4. The molecule has 0 aromatic heterocycles.